The van der Waals surface area contributed by atoms with Crippen LogP contribution in [0.2, 0.25) is 0 Å². The molecule has 156 valence electrons. The molecule has 0 spiro atoms. The van der Waals surface area contributed by atoms with Gasteiger partial charge in [-0.15, -0.1) is 0 Å². The van der Waals surface area contributed by atoms with E-state index < -0.39 is 0 Å². The molecule has 0 heteroatoms. The summed E-state index contributed by atoms with van der Waals surface area (Å²) < 4.78 is 0. The molecule has 0 nitrogen and oxygen atoms in total. The minimum atomic E-state index is 0.677. The van der Waals surface area contributed by atoms with Gasteiger partial charge in [0, 0.05) is 0 Å². The molecule has 0 amide bonds. The van der Waals surface area contributed by atoms with Gasteiger partial charge < -0.3 is 0 Å². The molecule has 4 aliphatic carbocycles. The predicted octanol–water partition coefficient (Wildman–Crippen LogP) is 8.50. The smallest absolute Gasteiger partial charge is 0.0264 e. The Hall–Kier alpha value is 0. The molecule has 0 bridgehead atoms. The van der Waals surface area contributed by atoms with E-state index in [0.29, 0.717) is 10.8 Å². The van der Waals surface area contributed by atoms with Crippen molar-refractivity contribution in [3.63, 3.8) is 0 Å². The molecule has 0 aromatic carbocycles. The first-order valence-electron chi connectivity index (χ1n) is 12.9. The first-order chi connectivity index (χ1) is 12.9. The summed E-state index contributed by atoms with van der Waals surface area (Å²) in [5.74, 6) is 7.15. The van der Waals surface area contributed by atoms with E-state index in [-0.39, 0.29) is 0 Å². The van der Waals surface area contributed by atoms with Crippen LogP contribution in [0.5, 0.6) is 0 Å². The summed E-state index contributed by atoms with van der Waals surface area (Å²) in [5, 5.41) is 0. The standard InChI is InChI=1S/C27H48/c1-19(2)9-8-10-20(3)23-14-15-24-22-13-12-21-11-6-7-17-26(21,4)25(22)16-18-27(23,24)5/h19-25H,6-18H2,1-5H3/t20-,21-,22+,23-,24-,25-,26+,27-/m1/s1. The van der Waals surface area contributed by atoms with Crippen LogP contribution < -0.4 is 0 Å². The first kappa shape index (κ1) is 20.3. The lowest BCUT2D eigenvalue weighted by Gasteiger charge is -2.61. The van der Waals surface area contributed by atoms with Gasteiger partial charge in [-0.2, -0.15) is 0 Å². The molecule has 0 aliphatic heterocycles. The highest BCUT2D eigenvalue weighted by molar-refractivity contribution is 5.09. The molecule has 4 fully saturated rings. The molecular weight excluding hydrogens is 324 g/mol. The minimum absolute atomic E-state index is 0.677. The SMILES string of the molecule is CC(C)CCC[C@@H](C)[C@H]1CC[C@@H]2[C@@H]3CC[C@H]4CCCC[C@]4(C)[C@@H]3CC[C@@]21C. The molecular formula is C27H48. The highest BCUT2D eigenvalue weighted by Gasteiger charge is 2.59. The molecule has 8 atom stereocenters. The fourth-order valence-electron chi connectivity index (χ4n) is 9.32. The summed E-state index contributed by atoms with van der Waals surface area (Å²) in [6, 6.07) is 0. The number of fused-ring (bicyclic) bond motifs is 5. The van der Waals surface area contributed by atoms with Gasteiger partial charge in [0.2, 0.25) is 0 Å². The average Bonchev–Trinajstić information content (AvgIpc) is 2.98. The molecule has 4 rings (SSSR count). The van der Waals surface area contributed by atoms with Crippen LogP contribution in [-0.4, -0.2) is 0 Å². The van der Waals surface area contributed by atoms with Crippen LogP contribution in [0.4, 0.5) is 0 Å². The van der Waals surface area contributed by atoms with Crippen molar-refractivity contribution in [2.24, 2.45) is 52.3 Å². The summed E-state index contributed by atoms with van der Waals surface area (Å²) in [7, 11) is 0. The second-order valence-electron chi connectivity index (χ2n) is 12.4. The van der Waals surface area contributed by atoms with E-state index in [1.165, 1.54) is 32.1 Å². The molecule has 0 N–H and O–H groups in total. The summed E-state index contributed by atoms with van der Waals surface area (Å²) in [6.45, 7) is 12.9. The number of hydrogen-bond donors (Lipinski definition) is 0. The Morgan fingerprint density at radius 1 is 0.741 bits per heavy atom. The molecule has 0 unspecified atom stereocenters. The molecule has 0 saturated heterocycles. The zero-order valence-corrected chi connectivity index (χ0v) is 19.2. The fourth-order valence-corrected chi connectivity index (χ4v) is 9.32. The predicted molar refractivity (Wildman–Crippen MR) is 118 cm³/mol. The maximum atomic E-state index is 2.75. The monoisotopic (exact) mass is 372 g/mol. The van der Waals surface area contributed by atoms with Gasteiger partial charge in [-0.3, -0.25) is 0 Å². The molecule has 0 aromatic rings. The lowest BCUT2D eigenvalue weighted by atomic mass is 9.44. The largest absolute Gasteiger partial charge is 0.0628 e. The van der Waals surface area contributed by atoms with Crippen molar-refractivity contribution in [3.8, 4) is 0 Å². The van der Waals surface area contributed by atoms with Gasteiger partial charge in [-0.1, -0.05) is 66.7 Å². The maximum absolute atomic E-state index is 2.75. The third kappa shape index (κ3) is 3.44. The van der Waals surface area contributed by atoms with Gasteiger partial charge in [0.1, 0.15) is 0 Å². The second-order valence-corrected chi connectivity index (χ2v) is 12.4. The first-order valence-corrected chi connectivity index (χ1v) is 12.9. The zero-order chi connectivity index (χ0) is 19.2. The van der Waals surface area contributed by atoms with Gasteiger partial charge in [0.05, 0.1) is 0 Å². The van der Waals surface area contributed by atoms with Crippen molar-refractivity contribution in [2.45, 2.75) is 118 Å². The average molecular weight is 373 g/mol. The van der Waals surface area contributed by atoms with E-state index in [1.807, 2.05) is 0 Å². The Balaban J connectivity index is 1.46. The zero-order valence-electron chi connectivity index (χ0n) is 19.2. The normalized spacial score (nSPS) is 48.0. The van der Waals surface area contributed by atoms with E-state index in [9.17, 15) is 0 Å². The van der Waals surface area contributed by atoms with Crippen molar-refractivity contribution in [3.05, 3.63) is 0 Å². The summed E-state index contributed by atoms with van der Waals surface area (Å²) in [5.41, 5.74) is 1.39. The Kier molecular flexibility index (Phi) is 5.77. The van der Waals surface area contributed by atoms with E-state index in [4.69, 9.17) is 0 Å². The van der Waals surface area contributed by atoms with E-state index in [2.05, 4.69) is 34.6 Å². The van der Waals surface area contributed by atoms with Crippen molar-refractivity contribution in [1.29, 1.82) is 0 Å². The summed E-state index contributed by atoms with van der Waals surface area (Å²) >= 11 is 0. The second kappa shape index (κ2) is 7.68. The van der Waals surface area contributed by atoms with E-state index in [1.54, 1.807) is 51.4 Å². The maximum Gasteiger partial charge on any atom is -0.0264 e. The lowest BCUT2D eigenvalue weighted by Crippen LogP contribution is -2.53. The van der Waals surface area contributed by atoms with E-state index in [0.717, 1.165) is 41.4 Å². The molecule has 27 heavy (non-hydrogen) atoms. The topological polar surface area (TPSA) is 0 Å². The van der Waals surface area contributed by atoms with Crippen LogP contribution in [0.3, 0.4) is 0 Å². The Bertz CT molecular complexity index is 506. The van der Waals surface area contributed by atoms with Crippen LogP contribution in [0.25, 0.3) is 0 Å². The van der Waals surface area contributed by atoms with Crippen LogP contribution in [0, 0.1) is 52.3 Å². The Morgan fingerprint density at radius 3 is 2.30 bits per heavy atom. The van der Waals surface area contributed by atoms with Gasteiger partial charge in [0.25, 0.3) is 0 Å². The minimum Gasteiger partial charge on any atom is -0.0628 e. The molecule has 0 radical (unpaired) electrons. The third-order valence-corrected chi connectivity index (χ3v) is 10.8. The quantitative estimate of drug-likeness (QED) is 0.453. The van der Waals surface area contributed by atoms with Crippen molar-refractivity contribution < 1.29 is 0 Å². The Morgan fingerprint density at radius 2 is 1.52 bits per heavy atom. The van der Waals surface area contributed by atoms with Gasteiger partial charge >= 0.3 is 0 Å². The molecule has 4 saturated carbocycles. The highest BCUT2D eigenvalue weighted by Crippen LogP contribution is 2.68. The van der Waals surface area contributed by atoms with Gasteiger partial charge in [-0.05, 0) is 104 Å². The van der Waals surface area contributed by atoms with Crippen LogP contribution in [0.1, 0.15) is 118 Å². The molecule has 0 aromatic heterocycles. The number of rotatable bonds is 5. The van der Waals surface area contributed by atoms with Crippen LogP contribution in [-0.2, 0) is 0 Å². The Labute approximate surface area is 170 Å². The number of hydrogen-bond acceptors (Lipinski definition) is 0. The molecule has 0 heterocycles. The fraction of sp³-hybridized carbons (Fsp3) is 1.00. The van der Waals surface area contributed by atoms with Gasteiger partial charge in [-0.25, -0.2) is 0 Å². The van der Waals surface area contributed by atoms with Gasteiger partial charge in [0.15, 0.2) is 0 Å². The summed E-state index contributed by atoms with van der Waals surface area (Å²) in [6.07, 6.45) is 19.9. The van der Waals surface area contributed by atoms with E-state index >= 15 is 0 Å². The lowest BCUT2D eigenvalue weighted by molar-refractivity contribution is -0.114. The molecule has 4 aliphatic rings. The highest BCUT2D eigenvalue weighted by atomic mass is 14.6. The van der Waals surface area contributed by atoms with Crippen LogP contribution >= 0.6 is 0 Å². The third-order valence-electron chi connectivity index (χ3n) is 10.8. The van der Waals surface area contributed by atoms with Crippen molar-refractivity contribution in [2.75, 3.05) is 0 Å². The van der Waals surface area contributed by atoms with Crippen LogP contribution in [0.15, 0.2) is 0 Å². The summed E-state index contributed by atoms with van der Waals surface area (Å²) in [4.78, 5) is 0. The van der Waals surface area contributed by atoms with Crippen molar-refractivity contribution in [1.82, 2.24) is 0 Å². The van der Waals surface area contributed by atoms with Crippen molar-refractivity contribution >= 4 is 0 Å².